The van der Waals surface area contributed by atoms with Crippen LogP contribution in [0.4, 0.5) is 19.3 Å². The number of methoxy groups -OCH3 is 1. The number of nitrogens with one attached hydrogen (secondary N) is 2. The van der Waals surface area contributed by atoms with Crippen molar-refractivity contribution >= 4 is 22.8 Å². The number of hydrogen-bond donors (Lipinski definition) is 2. The second-order valence-electron chi connectivity index (χ2n) is 5.28. The van der Waals surface area contributed by atoms with Crippen molar-refractivity contribution in [1.82, 2.24) is 14.9 Å². The SMILES string of the molecule is COc1c(F)cc(NC(=O)NCCn2cnc3ccccc32)cc1F. The van der Waals surface area contributed by atoms with Crippen LogP contribution in [0.1, 0.15) is 0 Å². The van der Waals surface area contributed by atoms with Crippen LogP contribution in [0.3, 0.4) is 0 Å². The molecule has 0 aliphatic heterocycles. The Morgan fingerprint density at radius 1 is 1.24 bits per heavy atom. The lowest BCUT2D eigenvalue weighted by molar-refractivity contribution is 0.251. The van der Waals surface area contributed by atoms with E-state index in [-0.39, 0.29) is 5.69 Å². The Balaban J connectivity index is 1.56. The number of anilines is 1. The molecule has 25 heavy (non-hydrogen) atoms. The van der Waals surface area contributed by atoms with Crippen molar-refractivity contribution in [2.45, 2.75) is 6.54 Å². The van der Waals surface area contributed by atoms with Crippen molar-refractivity contribution in [2.75, 3.05) is 19.0 Å². The molecule has 2 N–H and O–H groups in total. The molecule has 0 saturated carbocycles. The molecule has 3 aromatic rings. The summed E-state index contributed by atoms with van der Waals surface area (Å²) in [5.74, 6) is -2.26. The molecule has 1 heterocycles. The third-order valence-electron chi connectivity index (χ3n) is 3.63. The molecular formula is C17H16F2N4O2. The first-order valence-corrected chi connectivity index (χ1v) is 7.56. The smallest absolute Gasteiger partial charge is 0.319 e. The fourth-order valence-corrected chi connectivity index (χ4v) is 2.48. The first kappa shape index (κ1) is 16.7. The van der Waals surface area contributed by atoms with Gasteiger partial charge in [0, 0.05) is 30.9 Å². The number of carbonyl (C=O) groups is 1. The molecule has 0 radical (unpaired) electrons. The van der Waals surface area contributed by atoms with Crippen LogP contribution in [0.5, 0.6) is 5.75 Å². The summed E-state index contributed by atoms with van der Waals surface area (Å²) >= 11 is 0. The summed E-state index contributed by atoms with van der Waals surface area (Å²) in [5.41, 5.74) is 1.83. The number of aromatic nitrogens is 2. The number of ether oxygens (including phenoxy) is 1. The Hall–Kier alpha value is -3.16. The maximum atomic E-state index is 13.6. The third-order valence-corrected chi connectivity index (χ3v) is 3.63. The predicted molar refractivity (Wildman–Crippen MR) is 89.7 cm³/mol. The molecule has 1 aromatic heterocycles. The quantitative estimate of drug-likeness (QED) is 0.746. The Kier molecular flexibility index (Phi) is 4.78. The third kappa shape index (κ3) is 3.68. The first-order valence-electron chi connectivity index (χ1n) is 7.56. The minimum Gasteiger partial charge on any atom is -0.491 e. The first-order chi connectivity index (χ1) is 12.1. The van der Waals surface area contributed by atoms with Crippen molar-refractivity contribution in [3.05, 3.63) is 54.4 Å². The summed E-state index contributed by atoms with van der Waals surface area (Å²) in [5, 5.41) is 5.01. The summed E-state index contributed by atoms with van der Waals surface area (Å²) in [7, 11) is 1.17. The number of benzene rings is 2. The minimum atomic E-state index is -0.886. The number of urea groups is 1. The van der Waals surface area contributed by atoms with Crippen molar-refractivity contribution in [3.63, 3.8) is 0 Å². The number of fused-ring (bicyclic) bond motifs is 1. The summed E-state index contributed by atoms with van der Waals surface area (Å²) in [6, 6.07) is 9.07. The van der Waals surface area contributed by atoms with Crippen molar-refractivity contribution in [2.24, 2.45) is 0 Å². The van der Waals surface area contributed by atoms with Gasteiger partial charge < -0.3 is 19.9 Å². The lowest BCUT2D eigenvalue weighted by Crippen LogP contribution is -2.31. The van der Waals surface area contributed by atoms with Crippen LogP contribution in [0.25, 0.3) is 11.0 Å². The zero-order chi connectivity index (χ0) is 17.8. The van der Waals surface area contributed by atoms with Crippen LogP contribution >= 0.6 is 0 Å². The van der Waals surface area contributed by atoms with E-state index in [2.05, 4.69) is 20.4 Å². The average molecular weight is 346 g/mol. The molecule has 3 rings (SSSR count). The van der Waals surface area contributed by atoms with Crippen LogP contribution in [-0.2, 0) is 6.54 Å². The Bertz CT molecular complexity index is 888. The van der Waals surface area contributed by atoms with Crippen LogP contribution in [0.2, 0.25) is 0 Å². The zero-order valence-corrected chi connectivity index (χ0v) is 13.4. The van der Waals surface area contributed by atoms with Crippen LogP contribution < -0.4 is 15.4 Å². The maximum Gasteiger partial charge on any atom is 0.319 e. The fraction of sp³-hybridized carbons (Fsp3) is 0.176. The highest BCUT2D eigenvalue weighted by Crippen LogP contribution is 2.25. The van der Waals surface area contributed by atoms with E-state index in [4.69, 9.17) is 0 Å². The van der Waals surface area contributed by atoms with Crippen LogP contribution in [0, 0.1) is 11.6 Å². The molecule has 2 amide bonds. The summed E-state index contributed by atoms with van der Waals surface area (Å²) in [6.07, 6.45) is 1.69. The second-order valence-corrected chi connectivity index (χ2v) is 5.28. The van der Waals surface area contributed by atoms with Gasteiger partial charge in [0.05, 0.1) is 24.5 Å². The van der Waals surface area contributed by atoms with E-state index in [9.17, 15) is 13.6 Å². The van der Waals surface area contributed by atoms with Gasteiger partial charge in [-0.05, 0) is 12.1 Å². The number of halogens is 2. The van der Waals surface area contributed by atoms with E-state index in [1.807, 2.05) is 28.8 Å². The molecule has 0 saturated heterocycles. The number of carbonyl (C=O) groups excluding carboxylic acids is 1. The van der Waals surface area contributed by atoms with E-state index in [1.165, 1.54) is 7.11 Å². The number of rotatable bonds is 5. The van der Waals surface area contributed by atoms with Crippen molar-refractivity contribution < 1.29 is 18.3 Å². The van der Waals surface area contributed by atoms with E-state index in [0.29, 0.717) is 13.1 Å². The lowest BCUT2D eigenvalue weighted by Gasteiger charge is -2.10. The molecule has 0 fully saturated rings. The summed E-state index contributed by atoms with van der Waals surface area (Å²) in [6.45, 7) is 0.840. The molecular weight excluding hydrogens is 330 g/mol. The van der Waals surface area contributed by atoms with Crippen molar-refractivity contribution in [1.29, 1.82) is 0 Å². The van der Waals surface area contributed by atoms with E-state index < -0.39 is 23.4 Å². The highest BCUT2D eigenvalue weighted by Gasteiger charge is 2.13. The monoisotopic (exact) mass is 346 g/mol. The molecule has 0 aliphatic carbocycles. The molecule has 8 heteroatoms. The van der Waals surface area contributed by atoms with E-state index in [0.717, 1.165) is 23.2 Å². The number of hydrogen-bond acceptors (Lipinski definition) is 3. The Labute approximate surface area is 142 Å². The van der Waals surface area contributed by atoms with Gasteiger partial charge >= 0.3 is 6.03 Å². The molecule has 0 spiro atoms. The van der Waals surface area contributed by atoms with Crippen molar-refractivity contribution in [3.8, 4) is 5.75 Å². The van der Waals surface area contributed by atoms with Crippen LogP contribution in [0.15, 0.2) is 42.7 Å². The molecule has 130 valence electrons. The molecule has 0 bridgehead atoms. The highest BCUT2D eigenvalue weighted by molar-refractivity contribution is 5.89. The van der Waals surface area contributed by atoms with Gasteiger partial charge in [0.2, 0.25) is 0 Å². The number of para-hydroxylation sites is 2. The molecule has 2 aromatic carbocycles. The number of imidazole rings is 1. The van der Waals surface area contributed by atoms with Gasteiger partial charge in [0.25, 0.3) is 0 Å². The van der Waals surface area contributed by atoms with Gasteiger partial charge in [0.15, 0.2) is 17.4 Å². The average Bonchev–Trinajstić information content (AvgIpc) is 2.98. The summed E-state index contributed by atoms with van der Waals surface area (Å²) in [4.78, 5) is 16.1. The fourth-order valence-electron chi connectivity index (χ4n) is 2.48. The molecule has 0 atom stereocenters. The van der Waals surface area contributed by atoms with Gasteiger partial charge in [-0.2, -0.15) is 0 Å². The van der Waals surface area contributed by atoms with Gasteiger partial charge in [-0.25, -0.2) is 18.6 Å². The second kappa shape index (κ2) is 7.16. The molecule has 0 unspecified atom stereocenters. The van der Waals surface area contributed by atoms with Gasteiger partial charge in [-0.15, -0.1) is 0 Å². The largest absolute Gasteiger partial charge is 0.491 e. The van der Waals surface area contributed by atoms with E-state index >= 15 is 0 Å². The molecule has 0 aliphatic rings. The minimum absolute atomic E-state index is 0.00128. The van der Waals surface area contributed by atoms with Crippen LogP contribution in [-0.4, -0.2) is 29.2 Å². The van der Waals surface area contributed by atoms with Gasteiger partial charge in [-0.1, -0.05) is 12.1 Å². The topological polar surface area (TPSA) is 68.2 Å². The normalized spacial score (nSPS) is 10.7. The standard InChI is InChI=1S/C17H16F2N4O2/c1-25-16-12(18)8-11(9-13(16)19)22-17(24)20-6-7-23-10-21-14-4-2-3-5-15(14)23/h2-5,8-10H,6-7H2,1H3,(H2,20,22,24). The summed E-state index contributed by atoms with van der Waals surface area (Å²) < 4.78 is 33.7. The van der Waals surface area contributed by atoms with Gasteiger partial charge in [0.1, 0.15) is 0 Å². The molecule has 6 nitrogen and oxygen atoms in total. The maximum absolute atomic E-state index is 13.6. The van der Waals surface area contributed by atoms with E-state index in [1.54, 1.807) is 6.33 Å². The van der Waals surface area contributed by atoms with Gasteiger partial charge in [-0.3, -0.25) is 0 Å². The highest BCUT2D eigenvalue weighted by atomic mass is 19.1. The zero-order valence-electron chi connectivity index (χ0n) is 13.4. The Morgan fingerprint density at radius 2 is 1.96 bits per heavy atom. The predicted octanol–water partition coefficient (Wildman–Crippen LogP) is 3.14. The lowest BCUT2D eigenvalue weighted by atomic mass is 10.2. The number of amides is 2. The number of nitrogens with zero attached hydrogens (tertiary/aromatic N) is 2. The Morgan fingerprint density at radius 3 is 2.68 bits per heavy atom.